The second kappa shape index (κ2) is 15.9. The van der Waals surface area contributed by atoms with Gasteiger partial charge in [0, 0.05) is 71.5 Å². The molecule has 0 bridgehead atoms. The van der Waals surface area contributed by atoms with E-state index in [4.69, 9.17) is 0 Å². The van der Waals surface area contributed by atoms with Crippen LogP contribution in [0.5, 0.6) is 5.75 Å². The zero-order valence-corrected chi connectivity index (χ0v) is 30.7. The summed E-state index contributed by atoms with van der Waals surface area (Å²) in [5.74, 6) is -0.285. The van der Waals surface area contributed by atoms with Crippen LogP contribution in [0.25, 0.3) is 10.9 Å². The maximum Gasteiger partial charge on any atom is 0.254 e. The Morgan fingerprint density at radius 3 is 2.59 bits per heavy atom. The molecule has 3 aromatic carbocycles. The third-order valence-electron chi connectivity index (χ3n) is 11.2. The van der Waals surface area contributed by atoms with E-state index >= 15 is 0 Å². The smallest absolute Gasteiger partial charge is 0.254 e. The highest BCUT2D eigenvalue weighted by Gasteiger charge is 2.40. The van der Waals surface area contributed by atoms with Gasteiger partial charge in [-0.15, -0.1) is 0 Å². The van der Waals surface area contributed by atoms with Crippen LogP contribution in [-0.4, -0.2) is 68.6 Å². The molecular weight excluding hydrogens is 684 g/mol. The van der Waals surface area contributed by atoms with Crippen LogP contribution in [-0.2, 0) is 16.1 Å². The molecule has 12 nitrogen and oxygen atoms in total. The number of phenols is 1. The number of nitrogens with one attached hydrogen (secondary N) is 4. The van der Waals surface area contributed by atoms with Crippen molar-refractivity contribution in [1.29, 1.82) is 0 Å². The summed E-state index contributed by atoms with van der Waals surface area (Å²) in [6, 6.07) is 17.4. The van der Waals surface area contributed by atoms with Gasteiger partial charge in [0.05, 0.1) is 12.1 Å². The quantitative estimate of drug-likeness (QED) is 0.122. The summed E-state index contributed by atoms with van der Waals surface area (Å²) in [7, 11) is 0. The van der Waals surface area contributed by atoms with E-state index in [2.05, 4.69) is 26.3 Å². The van der Waals surface area contributed by atoms with Crippen LogP contribution in [0.4, 0.5) is 5.69 Å². The summed E-state index contributed by atoms with van der Waals surface area (Å²) < 4.78 is 0. The Bertz CT molecular complexity index is 2080. The van der Waals surface area contributed by atoms with Gasteiger partial charge >= 0.3 is 0 Å². The predicted molar refractivity (Wildman–Crippen MR) is 205 cm³/mol. The highest BCUT2D eigenvalue weighted by Crippen LogP contribution is 2.37. The summed E-state index contributed by atoms with van der Waals surface area (Å²) in [5.41, 5.74) is 5.50. The molecule has 6 N–H and O–H groups in total. The molecule has 0 radical (unpaired) electrons. The average Bonchev–Trinajstić information content (AvgIpc) is 3.51. The van der Waals surface area contributed by atoms with Gasteiger partial charge in [-0.25, -0.2) is 0 Å². The third kappa shape index (κ3) is 7.61. The lowest BCUT2D eigenvalue weighted by Gasteiger charge is -2.35. The zero-order valence-electron chi connectivity index (χ0n) is 30.7. The molecule has 1 aromatic heterocycles. The van der Waals surface area contributed by atoms with E-state index in [9.17, 15) is 29.4 Å². The third-order valence-corrected chi connectivity index (χ3v) is 11.2. The number of aryl methyl sites for hydroxylation is 1. The molecule has 3 atom stereocenters. The van der Waals surface area contributed by atoms with Gasteiger partial charge in [-0.1, -0.05) is 31.2 Å². The Hall–Kier alpha value is -5.49. The van der Waals surface area contributed by atoms with Gasteiger partial charge in [0.2, 0.25) is 11.8 Å². The molecule has 3 unspecified atom stereocenters. The van der Waals surface area contributed by atoms with Gasteiger partial charge in [0.15, 0.2) is 0 Å². The minimum absolute atomic E-state index is 0.00166. The van der Waals surface area contributed by atoms with E-state index in [1.165, 1.54) is 0 Å². The number of anilines is 1. The van der Waals surface area contributed by atoms with Crippen LogP contribution >= 0.6 is 0 Å². The SMILES string of the molecule is CCCC(=O)NC(c1cccc(C(=O)NC2CCC(CNc3cccc4c3CN(C3CCC(=O)NC3O)C4=O)CC2)c1)c1cc(C)c2cccnc2c1O. The summed E-state index contributed by atoms with van der Waals surface area (Å²) in [5, 5.41) is 35.1. The number of amides is 4. The molecule has 282 valence electrons. The standard InChI is InChI=1S/C42H48N6O6/c1-3-7-35(49)46-37(31-20-24(2)29-11-6-19-43-38(29)39(31)51)26-8-4-9-27(21-26)40(52)45-28-15-13-25(14-16-28)22-44-33-12-5-10-30-32(33)23-48(42(30)54)34-17-18-36(50)47-41(34)53/h4-6,8-12,19-21,25,28,34,37,41,44,51,53H,3,7,13-18,22-23H2,1-2H3,(H,45,52)(H,46,49)(H,47,50). The molecule has 12 heteroatoms. The van der Waals surface area contributed by atoms with Crippen molar-refractivity contribution in [3.63, 3.8) is 0 Å². The Labute approximate surface area is 314 Å². The van der Waals surface area contributed by atoms with E-state index < -0.39 is 18.3 Å². The first-order chi connectivity index (χ1) is 26.1. The average molecular weight is 733 g/mol. The van der Waals surface area contributed by atoms with E-state index in [0.29, 0.717) is 59.5 Å². The molecule has 7 rings (SSSR count). The molecule has 2 fully saturated rings. The summed E-state index contributed by atoms with van der Waals surface area (Å²) in [4.78, 5) is 57.6. The fraction of sp³-hybridized carbons (Fsp3) is 0.405. The Balaban J connectivity index is 0.975. The van der Waals surface area contributed by atoms with Crippen molar-refractivity contribution in [2.75, 3.05) is 11.9 Å². The van der Waals surface area contributed by atoms with E-state index in [-0.39, 0.29) is 41.8 Å². The molecular formula is C42H48N6O6. The first-order valence-corrected chi connectivity index (χ1v) is 19.0. The fourth-order valence-corrected chi connectivity index (χ4v) is 8.23. The number of nitrogens with zero attached hydrogens (tertiary/aromatic N) is 2. The first-order valence-electron chi connectivity index (χ1n) is 19.0. The number of pyridine rings is 1. The van der Waals surface area contributed by atoms with E-state index in [1.807, 2.05) is 56.3 Å². The predicted octanol–water partition coefficient (Wildman–Crippen LogP) is 5.21. The molecule has 2 aliphatic heterocycles. The topological polar surface area (TPSA) is 173 Å². The maximum atomic E-state index is 13.6. The molecule has 0 spiro atoms. The van der Waals surface area contributed by atoms with Gasteiger partial charge < -0.3 is 36.4 Å². The highest BCUT2D eigenvalue weighted by molar-refractivity contribution is 6.00. The van der Waals surface area contributed by atoms with Crippen molar-refractivity contribution in [2.24, 2.45) is 5.92 Å². The summed E-state index contributed by atoms with van der Waals surface area (Å²) in [6.07, 6.45) is 5.76. The number of piperidine rings is 1. The number of phenolic OH excluding ortho intramolecular Hbond substituents is 1. The summed E-state index contributed by atoms with van der Waals surface area (Å²) >= 11 is 0. The Morgan fingerprint density at radius 1 is 1.02 bits per heavy atom. The van der Waals surface area contributed by atoms with Gasteiger partial charge in [-0.05, 0) is 98.9 Å². The van der Waals surface area contributed by atoms with Crippen molar-refractivity contribution >= 4 is 40.2 Å². The van der Waals surface area contributed by atoms with E-state index in [0.717, 1.165) is 54.4 Å². The number of benzene rings is 3. The molecule has 54 heavy (non-hydrogen) atoms. The molecule has 4 amide bonds. The lowest BCUT2D eigenvalue weighted by Crippen LogP contribution is -2.55. The van der Waals surface area contributed by atoms with Crippen LogP contribution < -0.4 is 21.3 Å². The minimum Gasteiger partial charge on any atom is -0.505 e. The van der Waals surface area contributed by atoms with Crippen molar-refractivity contribution < 1.29 is 29.4 Å². The largest absolute Gasteiger partial charge is 0.505 e. The number of aromatic hydroxyl groups is 1. The summed E-state index contributed by atoms with van der Waals surface area (Å²) in [6.45, 7) is 4.99. The molecule has 1 aliphatic carbocycles. The number of carbonyl (C=O) groups excluding carboxylic acids is 4. The number of aliphatic hydroxyl groups is 1. The van der Waals surface area contributed by atoms with Crippen LogP contribution in [0.15, 0.2) is 66.9 Å². The van der Waals surface area contributed by atoms with Crippen LogP contribution in [0, 0.1) is 12.8 Å². The van der Waals surface area contributed by atoms with Crippen molar-refractivity contribution in [3.05, 3.63) is 100 Å². The molecule has 3 aliphatic rings. The Morgan fingerprint density at radius 2 is 1.81 bits per heavy atom. The number of carbonyl (C=O) groups is 4. The number of hydrogen-bond acceptors (Lipinski definition) is 8. The zero-order chi connectivity index (χ0) is 37.9. The molecule has 4 aromatic rings. The van der Waals surface area contributed by atoms with E-state index in [1.54, 1.807) is 29.3 Å². The van der Waals surface area contributed by atoms with Crippen molar-refractivity contribution in [2.45, 2.75) is 96.1 Å². The molecule has 3 heterocycles. The number of fused-ring (bicyclic) bond motifs is 2. The van der Waals surface area contributed by atoms with Gasteiger partial charge in [-0.2, -0.15) is 0 Å². The van der Waals surface area contributed by atoms with Crippen molar-refractivity contribution in [3.8, 4) is 5.75 Å². The van der Waals surface area contributed by atoms with Crippen molar-refractivity contribution in [1.82, 2.24) is 25.8 Å². The van der Waals surface area contributed by atoms with Crippen LogP contribution in [0.2, 0.25) is 0 Å². The first kappa shape index (κ1) is 36.9. The number of aromatic nitrogens is 1. The second-order valence-electron chi connectivity index (χ2n) is 14.9. The van der Waals surface area contributed by atoms with Gasteiger partial charge in [0.25, 0.3) is 11.8 Å². The monoisotopic (exact) mass is 732 g/mol. The maximum absolute atomic E-state index is 13.6. The number of rotatable bonds is 11. The Kier molecular flexibility index (Phi) is 10.8. The molecule has 1 saturated heterocycles. The number of aliphatic hydroxyl groups excluding tert-OH is 1. The second-order valence-corrected chi connectivity index (χ2v) is 14.9. The van der Waals surface area contributed by atoms with Gasteiger partial charge in [-0.3, -0.25) is 24.2 Å². The normalized spacial score (nSPS) is 21.6. The minimum atomic E-state index is -1.08. The van der Waals surface area contributed by atoms with Crippen LogP contribution in [0.1, 0.15) is 107 Å². The highest BCUT2D eigenvalue weighted by atomic mass is 16.3. The lowest BCUT2D eigenvalue weighted by atomic mass is 9.85. The van der Waals surface area contributed by atoms with Crippen LogP contribution in [0.3, 0.4) is 0 Å². The number of hydrogen-bond donors (Lipinski definition) is 6. The van der Waals surface area contributed by atoms with Gasteiger partial charge in [0.1, 0.15) is 17.5 Å². The lowest BCUT2D eigenvalue weighted by molar-refractivity contribution is -0.129. The molecule has 1 saturated carbocycles. The fourth-order valence-electron chi connectivity index (χ4n) is 8.23.